The largest absolute Gasteiger partial charge is 0.275 e. The Kier molecular flexibility index (Phi) is 4.62. The summed E-state index contributed by atoms with van der Waals surface area (Å²) >= 11 is 1.29. The Morgan fingerprint density at radius 2 is 2.05 bits per heavy atom. The monoisotopic (exact) mass is 301 g/mol. The molecule has 1 aromatic rings. The minimum Gasteiger partial charge on any atom is -0.267 e. The minimum atomic E-state index is -3.53. The van der Waals surface area contributed by atoms with Crippen LogP contribution in [0.25, 0.3) is 0 Å². The van der Waals surface area contributed by atoms with Crippen LogP contribution in [-0.4, -0.2) is 19.6 Å². The van der Waals surface area contributed by atoms with Gasteiger partial charge < -0.3 is 0 Å². The van der Waals surface area contributed by atoms with Gasteiger partial charge in [0.05, 0.1) is 10.1 Å². The van der Waals surface area contributed by atoms with E-state index >= 15 is 0 Å². The van der Waals surface area contributed by atoms with Crippen LogP contribution >= 0.6 is 11.3 Å². The van der Waals surface area contributed by atoms with Crippen LogP contribution in [-0.2, 0) is 16.4 Å². The zero-order valence-electron chi connectivity index (χ0n) is 11.0. The average molecular weight is 301 g/mol. The van der Waals surface area contributed by atoms with Crippen molar-refractivity contribution in [3.63, 3.8) is 0 Å². The molecule has 0 atom stereocenters. The molecule has 6 heteroatoms. The second-order valence-electron chi connectivity index (χ2n) is 4.86. The third-order valence-corrected chi connectivity index (χ3v) is 6.33. The molecular formula is C13H19NO3S2. The third-order valence-electron chi connectivity index (χ3n) is 3.56. The van der Waals surface area contributed by atoms with Gasteiger partial charge >= 0.3 is 0 Å². The summed E-state index contributed by atoms with van der Waals surface area (Å²) in [6, 6.07) is 1.87. The van der Waals surface area contributed by atoms with Gasteiger partial charge in [0.15, 0.2) is 0 Å². The van der Waals surface area contributed by atoms with Crippen molar-refractivity contribution in [2.24, 2.45) is 0 Å². The molecule has 0 aliphatic heterocycles. The molecule has 1 aliphatic rings. The van der Waals surface area contributed by atoms with Gasteiger partial charge in [0.1, 0.15) is 0 Å². The molecule has 1 fully saturated rings. The molecule has 0 bridgehead atoms. The van der Waals surface area contributed by atoms with E-state index < -0.39 is 21.2 Å². The smallest absolute Gasteiger partial charge is 0.267 e. The molecule has 1 heterocycles. The first kappa shape index (κ1) is 14.5. The summed E-state index contributed by atoms with van der Waals surface area (Å²) in [6.45, 7) is 1.95. The van der Waals surface area contributed by atoms with E-state index in [1.165, 1.54) is 11.3 Å². The summed E-state index contributed by atoms with van der Waals surface area (Å²) < 4.78 is 26.6. The van der Waals surface area contributed by atoms with Gasteiger partial charge in [-0.3, -0.25) is 4.79 Å². The van der Waals surface area contributed by atoms with E-state index in [4.69, 9.17) is 0 Å². The molecule has 19 heavy (non-hydrogen) atoms. The highest BCUT2D eigenvalue weighted by atomic mass is 32.2. The molecule has 4 nitrogen and oxygen atoms in total. The van der Waals surface area contributed by atoms with Crippen molar-refractivity contribution in [2.75, 3.05) is 0 Å². The number of carbonyl (C=O) groups is 1. The molecule has 106 valence electrons. The lowest BCUT2D eigenvalue weighted by Crippen LogP contribution is -2.39. The Balaban J connectivity index is 2.09. The number of nitrogens with one attached hydrogen (secondary N) is 1. The fourth-order valence-electron chi connectivity index (χ4n) is 2.45. The number of aryl methyl sites for hydroxylation is 1. The zero-order chi connectivity index (χ0) is 13.9. The zero-order valence-corrected chi connectivity index (χ0v) is 12.6. The Bertz CT molecular complexity index is 542. The summed E-state index contributed by atoms with van der Waals surface area (Å²) in [5, 5.41) is 1.41. The van der Waals surface area contributed by atoms with Crippen LogP contribution < -0.4 is 4.72 Å². The maximum absolute atomic E-state index is 12.2. The Hall–Kier alpha value is -0.880. The van der Waals surface area contributed by atoms with Crippen molar-refractivity contribution >= 4 is 27.3 Å². The lowest BCUT2D eigenvalue weighted by atomic mass is 10.0. The van der Waals surface area contributed by atoms with E-state index in [1.54, 1.807) is 0 Å². The normalized spacial score (nSPS) is 17.3. The summed E-state index contributed by atoms with van der Waals surface area (Å²) in [6.07, 6.45) is 5.00. The second-order valence-corrected chi connectivity index (χ2v) is 7.74. The highest BCUT2D eigenvalue weighted by Gasteiger charge is 2.29. The first-order valence-corrected chi connectivity index (χ1v) is 9.09. The van der Waals surface area contributed by atoms with Gasteiger partial charge in [-0.05, 0) is 36.3 Å². The molecule has 0 aromatic carbocycles. The molecule has 2 rings (SSSR count). The van der Waals surface area contributed by atoms with Gasteiger partial charge in [-0.15, -0.1) is 11.3 Å². The first-order valence-electron chi connectivity index (χ1n) is 6.67. The van der Waals surface area contributed by atoms with E-state index in [0.29, 0.717) is 17.7 Å². The van der Waals surface area contributed by atoms with Gasteiger partial charge in [0.25, 0.3) is 5.91 Å². The summed E-state index contributed by atoms with van der Waals surface area (Å²) in [5.41, 5.74) is 0.904. The molecule has 1 aromatic heterocycles. The minimum absolute atomic E-state index is 0.407. The molecular weight excluding hydrogens is 282 g/mol. The lowest BCUT2D eigenvalue weighted by Gasteiger charge is -2.21. The van der Waals surface area contributed by atoms with Crippen molar-refractivity contribution in [3.05, 3.63) is 21.9 Å². The number of hydrogen-bond acceptors (Lipinski definition) is 4. The Morgan fingerprint density at radius 1 is 1.37 bits per heavy atom. The quantitative estimate of drug-likeness (QED) is 0.930. The average Bonchev–Trinajstić information content (AvgIpc) is 2.87. The van der Waals surface area contributed by atoms with Crippen LogP contribution in [0.15, 0.2) is 11.4 Å². The molecule has 1 amide bonds. The van der Waals surface area contributed by atoms with Gasteiger partial charge in [-0.25, -0.2) is 13.1 Å². The van der Waals surface area contributed by atoms with E-state index in [-0.39, 0.29) is 0 Å². The maximum Gasteiger partial charge on any atom is 0.275 e. The van der Waals surface area contributed by atoms with Crippen molar-refractivity contribution < 1.29 is 13.2 Å². The van der Waals surface area contributed by atoms with Crippen molar-refractivity contribution in [1.82, 2.24) is 4.72 Å². The van der Waals surface area contributed by atoms with E-state index in [0.717, 1.165) is 31.2 Å². The molecule has 0 saturated heterocycles. The predicted molar refractivity (Wildman–Crippen MR) is 77.0 cm³/mol. The lowest BCUT2D eigenvalue weighted by molar-refractivity contribution is 0.0984. The highest BCUT2D eigenvalue weighted by Crippen LogP contribution is 2.24. The first-order chi connectivity index (χ1) is 9.04. The molecule has 0 unspecified atom stereocenters. The number of hydrogen-bond donors (Lipinski definition) is 1. The van der Waals surface area contributed by atoms with E-state index in [2.05, 4.69) is 4.72 Å². The maximum atomic E-state index is 12.2. The van der Waals surface area contributed by atoms with Crippen LogP contribution in [0.2, 0.25) is 0 Å². The van der Waals surface area contributed by atoms with Crippen LogP contribution in [0, 0.1) is 0 Å². The van der Waals surface area contributed by atoms with Crippen molar-refractivity contribution in [2.45, 2.75) is 50.7 Å². The third kappa shape index (κ3) is 3.36. The number of rotatable bonds is 4. The molecule has 1 saturated carbocycles. The summed E-state index contributed by atoms with van der Waals surface area (Å²) in [5.74, 6) is -0.475. The SMILES string of the molecule is CCc1ccsc1C(=O)NS(=O)(=O)C1CCCCC1. The fourth-order valence-corrected chi connectivity index (χ4v) is 4.88. The number of sulfonamides is 1. The number of amides is 1. The Morgan fingerprint density at radius 3 is 2.68 bits per heavy atom. The van der Waals surface area contributed by atoms with Crippen molar-refractivity contribution in [3.8, 4) is 0 Å². The van der Waals surface area contributed by atoms with Gasteiger partial charge in [0, 0.05) is 0 Å². The predicted octanol–water partition coefficient (Wildman–Crippen LogP) is 2.70. The Labute approximate surface area is 118 Å². The molecule has 1 N–H and O–H groups in total. The highest BCUT2D eigenvalue weighted by molar-refractivity contribution is 7.90. The van der Waals surface area contributed by atoms with E-state index in [1.807, 2.05) is 18.4 Å². The molecule has 1 aliphatic carbocycles. The molecule has 0 radical (unpaired) electrons. The van der Waals surface area contributed by atoms with E-state index in [9.17, 15) is 13.2 Å². The van der Waals surface area contributed by atoms with Gasteiger partial charge in [-0.1, -0.05) is 26.2 Å². The van der Waals surface area contributed by atoms with Crippen molar-refractivity contribution in [1.29, 1.82) is 0 Å². The summed E-state index contributed by atoms with van der Waals surface area (Å²) in [7, 11) is -3.53. The topological polar surface area (TPSA) is 63.2 Å². The van der Waals surface area contributed by atoms with Crippen LogP contribution in [0.3, 0.4) is 0 Å². The standard InChI is InChI=1S/C13H19NO3S2/c1-2-10-8-9-18-12(10)13(15)14-19(16,17)11-6-4-3-5-7-11/h8-9,11H,2-7H2,1H3,(H,14,15). The fraction of sp³-hybridized carbons (Fsp3) is 0.615. The number of carbonyl (C=O) groups excluding carboxylic acids is 1. The van der Waals surface area contributed by atoms with Crippen LogP contribution in [0.4, 0.5) is 0 Å². The molecule has 0 spiro atoms. The van der Waals surface area contributed by atoms with Crippen LogP contribution in [0.1, 0.15) is 54.3 Å². The van der Waals surface area contributed by atoms with Gasteiger partial charge in [0.2, 0.25) is 10.0 Å². The van der Waals surface area contributed by atoms with Gasteiger partial charge in [-0.2, -0.15) is 0 Å². The number of thiophene rings is 1. The van der Waals surface area contributed by atoms with Crippen LogP contribution in [0.5, 0.6) is 0 Å². The second kappa shape index (κ2) is 6.05. The summed E-state index contributed by atoms with van der Waals surface area (Å²) in [4.78, 5) is 12.6.